The highest BCUT2D eigenvalue weighted by Gasteiger charge is 2.28. The molecule has 1 amide bonds. The van der Waals surface area contributed by atoms with Crippen molar-refractivity contribution in [2.45, 2.75) is 44.9 Å². The minimum absolute atomic E-state index is 0.0331. The summed E-state index contributed by atoms with van der Waals surface area (Å²) in [4.78, 5) is 33.1. The smallest absolute Gasteiger partial charge is 0.224 e. The number of piperidine rings is 1. The van der Waals surface area contributed by atoms with Gasteiger partial charge >= 0.3 is 0 Å². The van der Waals surface area contributed by atoms with E-state index in [0.29, 0.717) is 23.2 Å². The molecule has 1 aromatic heterocycles. The molecule has 1 aliphatic heterocycles. The van der Waals surface area contributed by atoms with Crippen LogP contribution in [0.2, 0.25) is 0 Å². The number of aromatic nitrogens is 1. The van der Waals surface area contributed by atoms with E-state index in [1.165, 1.54) is 32.4 Å². The third-order valence-electron chi connectivity index (χ3n) is 6.68. The third-order valence-corrected chi connectivity index (χ3v) is 6.68. The number of pyridine rings is 1. The van der Waals surface area contributed by atoms with Crippen LogP contribution in [0.1, 0.15) is 60.9 Å². The molecule has 1 saturated heterocycles. The maximum absolute atomic E-state index is 13.4. The molecule has 32 heavy (non-hydrogen) atoms. The number of fused-ring (bicyclic) bond motifs is 2. The fourth-order valence-electron chi connectivity index (χ4n) is 5.05. The topological polar surface area (TPSA) is 62.3 Å². The molecule has 0 unspecified atom stereocenters. The molecule has 0 saturated carbocycles. The van der Waals surface area contributed by atoms with E-state index in [0.717, 1.165) is 47.8 Å². The molecule has 5 heteroatoms. The first-order valence-electron chi connectivity index (χ1n) is 11.8. The van der Waals surface area contributed by atoms with Crippen molar-refractivity contribution in [2.24, 2.45) is 0 Å². The van der Waals surface area contributed by atoms with E-state index in [9.17, 15) is 9.59 Å². The minimum Gasteiger partial charge on any atom is -0.325 e. The van der Waals surface area contributed by atoms with Gasteiger partial charge in [0.15, 0.2) is 5.78 Å². The number of ketones is 1. The summed E-state index contributed by atoms with van der Waals surface area (Å²) in [5, 5.41) is 4.90. The Morgan fingerprint density at radius 2 is 1.75 bits per heavy atom. The van der Waals surface area contributed by atoms with Gasteiger partial charge in [0, 0.05) is 29.1 Å². The Bertz CT molecular complexity index is 1160. The van der Waals surface area contributed by atoms with Crippen molar-refractivity contribution >= 4 is 28.2 Å². The molecule has 5 rings (SSSR count). The summed E-state index contributed by atoms with van der Waals surface area (Å²) in [6.07, 6.45) is 9.30. The molecule has 2 aromatic carbocycles. The zero-order valence-electron chi connectivity index (χ0n) is 18.4. The van der Waals surface area contributed by atoms with E-state index in [4.69, 9.17) is 0 Å². The van der Waals surface area contributed by atoms with Gasteiger partial charge in [0.1, 0.15) is 0 Å². The highest BCUT2D eigenvalue weighted by Crippen LogP contribution is 2.40. The number of carbonyl (C=O) groups excluding carboxylic acids is 2. The number of unbranched alkanes of at least 4 members (excludes halogenated alkanes) is 2. The van der Waals surface area contributed by atoms with Crippen LogP contribution >= 0.6 is 0 Å². The van der Waals surface area contributed by atoms with Crippen molar-refractivity contribution < 1.29 is 9.59 Å². The van der Waals surface area contributed by atoms with E-state index in [2.05, 4.69) is 15.2 Å². The van der Waals surface area contributed by atoms with Crippen LogP contribution in [0.5, 0.6) is 0 Å². The first-order chi connectivity index (χ1) is 15.7. The van der Waals surface area contributed by atoms with Crippen LogP contribution in [-0.2, 0) is 4.79 Å². The van der Waals surface area contributed by atoms with Gasteiger partial charge in [-0.3, -0.25) is 14.6 Å². The molecule has 1 fully saturated rings. The Kier molecular flexibility index (Phi) is 5.99. The Labute approximate surface area is 188 Å². The Morgan fingerprint density at radius 1 is 0.938 bits per heavy atom. The highest BCUT2D eigenvalue weighted by atomic mass is 16.1. The van der Waals surface area contributed by atoms with Crippen molar-refractivity contribution in [3.8, 4) is 11.3 Å². The first kappa shape index (κ1) is 20.8. The number of benzene rings is 2. The van der Waals surface area contributed by atoms with E-state index < -0.39 is 0 Å². The molecule has 164 valence electrons. The summed E-state index contributed by atoms with van der Waals surface area (Å²) in [5.74, 6) is -0.0854. The second kappa shape index (κ2) is 9.21. The molecule has 2 heterocycles. The second-order valence-electron chi connectivity index (χ2n) is 8.88. The Hall–Kier alpha value is -3.05. The molecule has 0 radical (unpaired) electrons. The molecule has 2 aliphatic rings. The Balaban J connectivity index is 1.26. The number of amides is 1. The molecule has 5 nitrogen and oxygen atoms in total. The SMILES string of the molecule is O=C(CCCCCN1CCCCC1)Nc1cccc2c1C(=O)c1cccc3ccnc-2c13. The number of rotatable bonds is 7. The Morgan fingerprint density at radius 3 is 2.62 bits per heavy atom. The van der Waals surface area contributed by atoms with Gasteiger partial charge in [-0.25, -0.2) is 0 Å². The summed E-state index contributed by atoms with van der Waals surface area (Å²) in [6, 6.07) is 13.3. The highest BCUT2D eigenvalue weighted by molar-refractivity contribution is 6.27. The standard InChI is InChI=1S/C27H29N3O2/c31-23(13-3-1-4-16-30-17-5-2-6-18-30)29-22-12-8-10-20-25(22)27(32)21-11-7-9-19-14-15-28-26(20)24(19)21/h7-12,14-15H,1-6,13,16-18H2,(H,29,31). The van der Waals surface area contributed by atoms with E-state index in [1.54, 1.807) is 6.20 Å². The average Bonchev–Trinajstić information content (AvgIpc) is 2.83. The van der Waals surface area contributed by atoms with Gasteiger partial charge in [-0.2, -0.15) is 0 Å². The van der Waals surface area contributed by atoms with Gasteiger partial charge in [0.2, 0.25) is 5.91 Å². The molecule has 0 bridgehead atoms. The summed E-state index contributed by atoms with van der Waals surface area (Å²) >= 11 is 0. The monoisotopic (exact) mass is 427 g/mol. The quantitative estimate of drug-likeness (QED) is 0.400. The molecule has 1 aliphatic carbocycles. The number of hydrogen-bond acceptors (Lipinski definition) is 4. The van der Waals surface area contributed by atoms with Crippen LogP contribution in [-0.4, -0.2) is 41.2 Å². The normalized spacial score (nSPS) is 15.6. The molecular weight excluding hydrogens is 398 g/mol. The van der Waals surface area contributed by atoms with Crippen molar-refractivity contribution in [3.05, 3.63) is 59.8 Å². The molecule has 0 atom stereocenters. The summed E-state index contributed by atoms with van der Waals surface area (Å²) in [5.41, 5.74) is 3.38. The summed E-state index contributed by atoms with van der Waals surface area (Å²) in [6.45, 7) is 3.58. The van der Waals surface area contributed by atoms with E-state index >= 15 is 0 Å². The number of hydrogen-bond donors (Lipinski definition) is 1. The van der Waals surface area contributed by atoms with Crippen LogP contribution in [0.25, 0.3) is 22.0 Å². The second-order valence-corrected chi connectivity index (χ2v) is 8.88. The van der Waals surface area contributed by atoms with E-state index in [1.807, 2.05) is 42.5 Å². The van der Waals surface area contributed by atoms with Crippen LogP contribution in [0, 0.1) is 0 Å². The van der Waals surface area contributed by atoms with Crippen LogP contribution < -0.4 is 5.32 Å². The number of likely N-dealkylation sites (tertiary alicyclic amines) is 1. The van der Waals surface area contributed by atoms with Gasteiger partial charge in [0.25, 0.3) is 0 Å². The lowest BCUT2D eigenvalue weighted by Gasteiger charge is -2.26. The number of carbonyl (C=O) groups is 2. The zero-order chi connectivity index (χ0) is 21.9. The van der Waals surface area contributed by atoms with Crippen LogP contribution in [0.3, 0.4) is 0 Å². The third kappa shape index (κ3) is 4.05. The fourth-order valence-corrected chi connectivity index (χ4v) is 5.05. The fraction of sp³-hybridized carbons (Fsp3) is 0.370. The summed E-state index contributed by atoms with van der Waals surface area (Å²) < 4.78 is 0. The van der Waals surface area contributed by atoms with Gasteiger partial charge in [-0.15, -0.1) is 0 Å². The zero-order valence-corrected chi connectivity index (χ0v) is 18.4. The molecule has 3 aromatic rings. The maximum Gasteiger partial charge on any atom is 0.224 e. The van der Waals surface area contributed by atoms with Gasteiger partial charge in [0.05, 0.1) is 16.9 Å². The predicted molar refractivity (Wildman–Crippen MR) is 128 cm³/mol. The van der Waals surface area contributed by atoms with Crippen molar-refractivity contribution in [2.75, 3.05) is 25.0 Å². The predicted octanol–water partition coefficient (Wildman–Crippen LogP) is 5.43. The molecular formula is C27H29N3O2. The van der Waals surface area contributed by atoms with Gasteiger partial charge < -0.3 is 10.2 Å². The minimum atomic E-state index is -0.0523. The van der Waals surface area contributed by atoms with Crippen LogP contribution in [0.4, 0.5) is 5.69 Å². The van der Waals surface area contributed by atoms with Crippen molar-refractivity contribution in [1.82, 2.24) is 9.88 Å². The number of nitrogens with one attached hydrogen (secondary N) is 1. The first-order valence-corrected chi connectivity index (χ1v) is 11.8. The van der Waals surface area contributed by atoms with Crippen molar-refractivity contribution in [3.63, 3.8) is 0 Å². The molecule has 1 N–H and O–H groups in total. The van der Waals surface area contributed by atoms with Gasteiger partial charge in [-0.05, 0) is 62.8 Å². The maximum atomic E-state index is 13.4. The van der Waals surface area contributed by atoms with Crippen molar-refractivity contribution in [1.29, 1.82) is 0 Å². The lowest BCUT2D eigenvalue weighted by atomic mass is 9.85. The summed E-state index contributed by atoms with van der Waals surface area (Å²) in [7, 11) is 0. The lowest BCUT2D eigenvalue weighted by Crippen LogP contribution is -2.30. The number of nitrogens with zero attached hydrogens (tertiary/aromatic N) is 2. The van der Waals surface area contributed by atoms with E-state index in [-0.39, 0.29) is 11.7 Å². The average molecular weight is 428 g/mol. The largest absolute Gasteiger partial charge is 0.325 e. The molecule has 0 spiro atoms. The lowest BCUT2D eigenvalue weighted by molar-refractivity contribution is -0.116. The number of anilines is 1. The van der Waals surface area contributed by atoms with Gasteiger partial charge in [-0.1, -0.05) is 43.2 Å². The van der Waals surface area contributed by atoms with Crippen LogP contribution in [0.15, 0.2) is 48.7 Å².